The highest BCUT2D eigenvalue weighted by Crippen LogP contribution is 2.26. The number of aromatic nitrogens is 2. The van der Waals surface area contributed by atoms with Gasteiger partial charge in [0.1, 0.15) is 4.90 Å². The summed E-state index contributed by atoms with van der Waals surface area (Å²) in [4.78, 5) is 11.0. The van der Waals surface area contributed by atoms with Crippen LogP contribution in [0, 0.1) is 0 Å². The normalized spacial score (nSPS) is 13.0. The van der Waals surface area contributed by atoms with Gasteiger partial charge in [0.05, 0.1) is 18.7 Å². The molecule has 118 valence electrons. The predicted molar refractivity (Wildman–Crippen MR) is 80.0 cm³/mol. The predicted octanol–water partition coefficient (Wildman–Crippen LogP) is 1.57. The van der Waals surface area contributed by atoms with Crippen LogP contribution >= 0.6 is 11.6 Å². The molecule has 0 saturated carbocycles. The van der Waals surface area contributed by atoms with Crippen molar-refractivity contribution in [2.24, 2.45) is 7.05 Å². The highest BCUT2D eigenvalue weighted by molar-refractivity contribution is 7.89. The van der Waals surface area contributed by atoms with Crippen molar-refractivity contribution in [1.29, 1.82) is 0 Å². The first-order chi connectivity index (χ1) is 10.3. The second-order valence-corrected chi connectivity index (χ2v) is 6.76. The van der Waals surface area contributed by atoms with Crippen LogP contribution in [0.15, 0.2) is 41.6 Å². The van der Waals surface area contributed by atoms with Crippen LogP contribution in [0.5, 0.6) is 0 Å². The Labute approximate surface area is 132 Å². The average Bonchev–Trinajstić information content (AvgIpc) is 2.85. The van der Waals surface area contributed by atoms with Crippen molar-refractivity contribution in [3.63, 3.8) is 0 Å². The lowest BCUT2D eigenvalue weighted by atomic mass is 10.1. The summed E-state index contributed by atoms with van der Waals surface area (Å²) in [5, 5.41) is 13.1. The molecule has 22 heavy (non-hydrogen) atoms. The van der Waals surface area contributed by atoms with Crippen molar-refractivity contribution in [2.75, 3.05) is 0 Å². The minimum Gasteiger partial charge on any atom is -0.481 e. The van der Waals surface area contributed by atoms with Gasteiger partial charge in [0.15, 0.2) is 0 Å². The van der Waals surface area contributed by atoms with Gasteiger partial charge in [0, 0.05) is 18.3 Å². The molecule has 1 aromatic carbocycles. The monoisotopic (exact) mass is 343 g/mol. The fraction of sp³-hybridized carbons (Fsp3) is 0.231. The van der Waals surface area contributed by atoms with Crippen molar-refractivity contribution in [2.45, 2.75) is 17.4 Å². The molecule has 0 aliphatic heterocycles. The van der Waals surface area contributed by atoms with Crippen molar-refractivity contribution >= 4 is 27.6 Å². The van der Waals surface area contributed by atoms with Crippen molar-refractivity contribution in [3.8, 4) is 0 Å². The van der Waals surface area contributed by atoms with E-state index in [1.54, 1.807) is 31.3 Å². The van der Waals surface area contributed by atoms with Gasteiger partial charge in [-0.1, -0.05) is 29.8 Å². The minimum absolute atomic E-state index is 0.0440. The lowest BCUT2D eigenvalue weighted by Gasteiger charge is -2.18. The third-order valence-corrected chi connectivity index (χ3v) is 4.72. The third kappa shape index (κ3) is 3.85. The molecule has 0 fully saturated rings. The van der Waals surface area contributed by atoms with Gasteiger partial charge in [-0.2, -0.15) is 5.10 Å². The zero-order chi connectivity index (χ0) is 16.3. The van der Waals surface area contributed by atoms with E-state index in [2.05, 4.69) is 9.82 Å². The molecule has 2 aromatic rings. The van der Waals surface area contributed by atoms with Gasteiger partial charge in [0.2, 0.25) is 10.0 Å². The minimum atomic E-state index is -3.90. The van der Waals surface area contributed by atoms with Gasteiger partial charge in [-0.15, -0.1) is 0 Å². The summed E-state index contributed by atoms with van der Waals surface area (Å²) in [6.45, 7) is 0. The van der Waals surface area contributed by atoms with E-state index < -0.39 is 28.5 Å². The molecular weight excluding hydrogens is 330 g/mol. The Kier molecular flexibility index (Phi) is 4.84. The van der Waals surface area contributed by atoms with Crippen molar-refractivity contribution in [1.82, 2.24) is 14.5 Å². The molecule has 1 unspecified atom stereocenters. The van der Waals surface area contributed by atoms with Gasteiger partial charge in [0.25, 0.3) is 0 Å². The number of nitrogens with one attached hydrogen (secondary N) is 1. The van der Waals surface area contributed by atoms with E-state index in [1.165, 1.54) is 17.1 Å². The standard InChI is InChI=1S/C13H14ClN3O4S/c1-17-8-9(7-15-17)22(20,21)16-12(6-13(18)19)10-4-2-3-5-11(10)14/h2-5,7-8,12,16H,6H2,1H3,(H,18,19). The lowest BCUT2D eigenvalue weighted by molar-refractivity contribution is -0.137. The summed E-state index contributed by atoms with van der Waals surface area (Å²) in [6.07, 6.45) is 2.09. The molecule has 0 saturated heterocycles. The van der Waals surface area contributed by atoms with E-state index in [0.717, 1.165) is 0 Å². The molecule has 0 spiro atoms. The van der Waals surface area contributed by atoms with Crippen LogP contribution in [0.4, 0.5) is 0 Å². The fourth-order valence-corrected chi connectivity index (χ4v) is 3.41. The number of aryl methyl sites for hydroxylation is 1. The Morgan fingerprint density at radius 1 is 1.45 bits per heavy atom. The van der Waals surface area contributed by atoms with Crippen LogP contribution in [0.3, 0.4) is 0 Å². The average molecular weight is 344 g/mol. The van der Waals surface area contributed by atoms with Crippen molar-refractivity contribution in [3.05, 3.63) is 47.2 Å². The molecule has 1 heterocycles. The van der Waals surface area contributed by atoms with Gasteiger partial charge in [-0.05, 0) is 11.6 Å². The van der Waals surface area contributed by atoms with E-state index in [-0.39, 0.29) is 4.90 Å². The quantitative estimate of drug-likeness (QED) is 0.829. The molecule has 0 radical (unpaired) electrons. The molecule has 7 nitrogen and oxygen atoms in total. The topological polar surface area (TPSA) is 101 Å². The summed E-state index contributed by atoms with van der Waals surface area (Å²) >= 11 is 6.04. The number of rotatable bonds is 6. The molecule has 0 aliphatic rings. The van der Waals surface area contributed by atoms with Crippen LogP contribution in [0.2, 0.25) is 5.02 Å². The third-order valence-electron chi connectivity index (χ3n) is 2.95. The smallest absolute Gasteiger partial charge is 0.305 e. The first-order valence-electron chi connectivity index (χ1n) is 6.27. The number of carboxylic acids is 1. The maximum atomic E-state index is 12.3. The number of sulfonamides is 1. The summed E-state index contributed by atoms with van der Waals surface area (Å²) in [5.41, 5.74) is 0.402. The highest BCUT2D eigenvalue weighted by Gasteiger charge is 2.25. The van der Waals surface area contributed by atoms with E-state index in [4.69, 9.17) is 16.7 Å². The number of hydrogen-bond donors (Lipinski definition) is 2. The largest absolute Gasteiger partial charge is 0.481 e. The summed E-state index contributed by atoms with van der Waals surface area (Å²) in [6, 6.07) is 5.52. The molecule has 1 atom stereocenters. The van der Waals surface area contributed by atoms with Crippen LogP contribution in [0.25, 0.3) is 0 Å². The Bertz CT molecular complexity index is 788. The fourth-order valence-electron chi connectivity index (χ4n) is 1.94. The first-order valence-corrected chi connectivity index (χ1v) is 8.13. The van der Waals surface area contributed by atoms with Gasteiger partial charge in [-0.25, -0.2) is 13.1 Å². The molecule has 0 amide bonds. The lowest BCUT2D eigenvalue weighted by Crippen LogP contribution is -2.30. The van der Waals surface area contributed by atoms with E-state index in [0.29, 0.717) is 10.6 Å². The maximum Gasteiger partial charge on any atom is 0.305 e. The zero-order valence-electron chi connectivity index (χ0n) is 11.6. The molecule has 9 heteroatoms. The molecule has 0 aliphatic carbocycles. The molecule has 1 aromatic heterocycles. The summed E-state index contributed by atoms with van der Waals surface area (Å²) < 4.78 is 28.4. The number of hydrogen-bond acceptors (Lipinski definition) is 4. The first kappa shape index (κ1) is 16.5. The van der Waals surface area contributed by atoms with E-state index in [9.17, 15) is 13.2 Å². The number of halogens is 1. The Morgan fingerprint density at radius 3 is 2.68 bits per heavy atom. The van der Waals surface area contributed by atoms with Gasteiger partial charge >= 0.3 is 5.97 Å². The van der Waals surface area contributed by atoms with Crippen molar-refractivity contribution < 1.29 is 18.3 Å². The number of carboxylic acid groups (broad SMARTS) is 1. The SMILES string of the molecule is Cn1cc(S(=O)(=O)NC(CC(=O)O)c2ccccc2Cl)cn1. The maximum absolute atomic E-state index is 12.3. The summed E-state index contributed by atoms with van der Waals surface area (Å²) in [5.74, 6) is -1.14. The molecule has 0 bridgehead atoms. The molecule has 2 N–H and O–H groups in total. The summed E-state index contributed by atoms with van der Waals surface area (Å²) in [7, 11) is -2.32. The van der Waals surface area contributed by atoms with E-state index in [1.807, 2.05) is 0 Å². The molecule has 2 rings (SSSR count). The second kappa shape index (κ2) is 6.47. The zero-order valence-corrected chi connectivity index (χ0v) is 13.2. The Hall–Kier alpha value is -1.90. The highest BCUT2D eigenvalue weighted by atomic mass is 35.5. The second-order valence-electron chi connectivity index (χ2n) is 4.64. The van der Waals surface area contributed by atoms with Crippen LogP contribution in [0.1, 0.15) is 18.0 Å². The number of carbonyl (C=O) groups is 1. The molecular formula is C13H14ClN3O4S. The number of aliphatic carboxylic acids is 1. The van der Waals surface area contributed by atoms with Crippen LogP contribution < -0.4 is 4.72 Å². The van der Waals surface area contributed by atoms with Gasteiger partial charge in [-0.3, -0.25) is 9.48 Å². The Balaban J connectivity index is 2.35. The van der Waals surface area contributed by atoms with Crippen LogP contribution in [-0.4, -0.2) is 29.3 Å². The Morgan fingerprint density at radius 2 is 2.14 bits per heavy atom. The van der Waals surface area contributed by atoms with E-state index >= 15 is 0 Å². The number of nitrogens with zero attached hydrogens (tertiary/aromatic N) is 2. The van der Waals surface area contributed by atoms with Gasteiger partial charge < -0.3 is 5.11 Å². The number of benzene rings is 1. The van der Waals surface area contributed by atoms with Crippen LogP contribution in [-0.2, 0) is 21.9 Å².